The molecule has 212 valence electrons. The number of carbonyl (C=O) groups is 1. The van der Waals surface area contributed by atoms with Crippen molar-refractivity contribution in [1.29, 1.82) is 0 Å². The van der Waals surface area contributed by atoms with Gasteiger partial charge in [0.05, 0.1) is 12.7 Å². The van der Waals surface area contributed by atoms with E-state index in [-0.39, 0.29) is 18.7 Å². The van der Waals surface area contributed by atoms with Crippen molar-refractivity contribution in [3.05, 3.63) is 0 Å². The van der Waals surface area contributed by atoms with Gasteiger partial charge < -0.3 is 15.2 Å². The molecular weight excluding hydrogens is 434 g/mol. The summed E-state index contributed by atoms with van der Waals surface area (Å²) in [6.45, 7) is 10.7. The second kappa shape index (κ2) is 33.4. The van der Waals surface area contributed by atoms with Gasteiger partial charge in [0.2, 0.25) is 0 Å². The lowest BCUT2D eigenvalue weighted by Crippen LogP contribution is -2.19. The van der Waals surface area contributed by atoms with E-state index >= 15 is 0 Å². The van der Waals surface area contributed by atoms with Crippen LogP contribution >= 0.6 is 0 Å². The number of ether oxygens (including phenoxy) is 1. The number of hydrogen-bond donors (Lipinski definition) is 2. The van der Waals surface area contributed by atoms with Crippen molar-refractivity contribution in [1.82, 2.24) is 5.32 Å². The van der Waals surface area contributed by atoms with E-state index in [1.807, 2.05) is 6.92 Å². The number of hydrogen-bond acceptors (Lipinski definition) is 4. The molecule has 0 radical (unpaired) electrons. The molecule has 0 aromatic carbocycles. The highest BCUT2D eigenvalue weighted by Gasteiger charge is 2.09. The van der Waals surface area contributed by atoms with Crippen molar-refractivity contribution in [3.63, 3.8) is 0 Å². The van der Waals surface area contributed by atoms with Crippen LogP contribution in [0.5, 0.6) is 0 Å². The summed E-state index contributed by atoms with van der Waals surface area (Å²) in [5, 5.41) is 11.8. The molecule has 4 nitrogen and oxygen atoms in total. The van der Waals surface area contributed by atoms with Crippen LogP contribution in [0.1, 0.15) is 169 Å². The zero-order valence-corrected chi connectivity index (χ0v) is 24.5. The molecule has 0 heterocycles. The van der Waals surface area contributed by atoms with E-state index in [4.69, 9.17) is 9.84 Å². The maximum atomic E-state index is 11.8. The fourth-order valence-corrected chi connectivity index (χ4v) is 4.19. The third-order valence-electron chi connectivity index (χ3n) is 6.53. The van der Waals surface area contributed by atoms with E-state index in [0.29, 0.717) is 13.0 Å². The summed E-state index contributed by atoms with van der Waals surface area (Å²) < 4.78 is 5.49. The van der Waals surface area contributed by atoms with Crippen molar-refractivity contribution in [2.24, 2.45) is 0 Å². The second-order valence-corrected chi connectivity index (χ2v) is 10.3. The number of carbonyl (C=O) groups excluding carboxylic acids is 1. The first-order valence-electron chi connectivity index (χ1n) is 15.6. The van der Waals surface area contributed by atoms with E-state index in [9.17, 15) is 4.79 Å². The maximum Gasteiger partial charge on any atom is 0.306 e. The van der Waals surface area contributed by atoms with Gasteiger partial charge in [-0.05, 0) is 39.2 Å². The highest BCUT2D eigenvalue weighted by atomic mass is 16.5. The monoisotopic (exact) mass is 499 g/mol. The summed E-state index contributed by atoms with van der Waals surface area (Å²) in [6.07, 6.45) is 27.7. The van der Waals surface area contributed by atoms with Gasteiger partial charge in [-0.3, -0.25) is 4.79 Å². The zero-order valence-electron chi connectivity index (χ0n) is 24.5. The average molecular weight is 500 g/mol. The standard InChI is InChI=1S/C21H43NO3.C10H22/c1-3-4-5-6-9-12-15-20(2)25-21(24)16-13-10-7-8-11-14-17-22-18-19-23;1-3-5-7-9-10-8-6-4-2/h20,22-23H,3-19H2,1-2H3;3-10H2,1-2H3. The van der Waals surface area contributed by atoms with E-state index < -0.39 is 0 Å². The van der Waals surface area contributed by atoms with Gasteiger partial charge in [-0.25, -0.2) is 0 Å². The molecule has 0 amide bonds. The van der Waals surface area contributed by atoms with Gasteiger partial charge in [-0.2, -0.15) is 0 Å². The summed E-state index contributed by atoms with van der Waals surface area (Å²) in [5.74, 6) is -0.0216. The third kappa shape index (κ3) is 35.6. The first kappa shape index (κ1) is 36.5. The summed E-state index contributed by atoms with van der Waals surface area (Å²) in [5.41, 5.74) is 0. The Hall–Kier alpha value is -0.610. The first-order valence-corrected chi connectivity index (χ1v) is 15.6. The summed E-state index contributed by atoms with van der Waals surface area (Å²) >= 11 is 0. The molecule has 0 bridgehead atoms. The molecule has 0 aliphatic rings. The smallest absolute Gasteiger partial charge is 0.306 e. The Balaban J connectivity index is 0. The number of nitrogens with one attached hydrogen (secondary N) is 1. The van der Waals surface area contributed by atoms with E-state index in [1.54, 1.807) is 0 Å². The molecule has 1 unspecified atom stereocenters. The quantitative estimate of drug-likeness (QED) is 0.0920. The molecule has 0 aromatic heterocycles. The summed E-state index contributed by atoms with van der Waals surface area (Å²) in [6, 6.07) is 0. The van der Waals surface area contributed by atoms with Crippen LogP contribution in [0, 0.1) is 0 Å². The molecular formula is C31H65NO3. The van der Waals surface area contributed by atoms with Gasteiger partial charge in [0.15, 0.2) is 0 Å². The van der Waals surface area contributed by atoms with E-state index in [0.717, 1.165) is 32.2 Å². The molecule has 0 aliphatic carbocycles. The fourth-order valence-electron chi connectivity index (χ4n) is 4.19. The molecule has 0 saturated heterocycles. The minimum atomic E-state index is -0.0216. The molecule has 0 spiro atoms. The Morgan fingerprint density at radius 2 is 1.06 bits per heavy atom. The number of aliphatic hydroxyl groups excluding tert-OH is 1. The number of rotatable bonds is 26. The van der Waals surface area contributed by atoms with Crippen molar-refractivity contribution in [2.45, 2.75) is 175 Å². The van der Waals surface area contributed by atoms with Gasteiger partial charge in [-0.15, -0.1) is 0 Å². The average Bonchev–Trinajstić information content (AvgIpc) is 2.85. The molecule has 4 heteroatoms. The van der Waals surface area contributed by atoms with Crippen molar-refractivity contribution in [2.75, 3.05) is 19.7 Å². The van der Waals surface area contributed by atoms with Gasteiger partial charge in [0.1, 0.15) is 0 Å². The van der Waals surface area contributed by atoms with Crippen LogP contribution in [0.2, 0.25) is 0 Å². The van der Waals surface area contributed by atoms with Gasteiger partial charge >= 0.3 is 5.97 Å². The van der Waals surface area contributed by atoms with Crippen LogP contribution < -0.4 is 5.32 Å². The Kier molecular flexibility index (Phi) is 34.9. The lowest BCUT2D eigenvalue weighted by molar-refractivity contribution is -0.148. The lowest BCUT2D eigenvalue weighted by Gasteiger charge is -2.13. The Morgan fingerprint density at radius 1 is 0.629 bits per heavy atom. The highest BCUT2D eigenvalue weighted by Crippen LogP contribution is 2.12. The Labute approximate surface area is 220 Å². The fraction of sp³-hybridized carbons (Fsp3) is 0.968. The Morgan fingerprint density at radius 3 is 1.54 bits per heavy atom. The van der Waals surface area contributed by atoms with Crippen LogP contribution in [0.25, 0.3) is 0 Å². The highest BCUT2D eigenvalue weighted by molar-refractivity contribution is 5.69. The molecule has 1 atom stereocenters. The van der Waals surface area contributed by atoms with E-state index in [1.165, 1.54) is 109 Å². The normalized spacial score (nSPS) is 11.7. The molecule has 35 heavy (non-hydrogen) atoms. The van der Waals surface area contributed by atoms with Crippen molar-refractivity contribution in [3.8, 4) is 0 Å². The zero-order chi connectivity index (χ0) is 26.2. The van der Waals surface area contributed by atoms with Crippen LogP contribution in [-0.2, 0) is 9.53 Å². The topological polar surface area (TPSA) is 58.6 Å². The third-order valence-corrected chi connectivity index (χ3v) is 6.53. The molecule has 0 aromatic rings. The summed E-state index contributed by atoms with van der Waals surface area (Å²) in [4.78, 5) is 11.8. The largest absolute Gasteiger partial charge is 0.463 e. The van der Waals surface area contributed by atoms with Crippen LogP contribution in [-0.4, -0.2) is 36.9 Å². The molecule has 2 N–H and O–H groups in total. The summed E-state index contributed by atoms with van der Waals surface area (Å²) in [7, 11) is 0. The minimum absolute atomic E-state index is 0.0216. The Bertz CT molecular complexity index is 381. The molecule has 0 aliphatic heterocycles. The molecule has 0 rings (SSSR count). The number of unbranched alkanes of at least 4 members (excludes halogenated alkanes) is 17. The lowest BCUT2D eigenvalue weighted by atomic mass is 10.1. The van der Waals surface area contributed by atoms with Crippen LogP contribution in [0.15, 0.2) is 0 Å². The van der Waals surface area contributed by atoms with Crippen LogP contribution in [0.3, 0.4) is 0 Å². The van der Waals surface area contributed by atoms with Crippen molar-refractivity contribution >= 4 is 5.97 Å². The van der Waals surface area contributed by atoms with Gasteiger partial charge in [0, 0.05) is 13.0 Å². The number of aliphatic hydroxyl groups is 1. The predicted molar refractivity (Wildman–Crippen MR) is 154 cm³/mol. The SMILES string of the molecule is CCCCCCCCC(C)OC(=O)CCCCCCCCNCCO.CCCCCCCCCC. The van der Waals surface area contributed by atoms with E-state index in [2.05, 4.69) is 26.1 Å². The van der Waals surface area contributed by atoms with Gasteiger partial charge in [-0.1, -0.05) is 130 Å². The second-order valence-electron chi connectivity index (χ2n) is 10.3. The maximum absolute atomic E-state index is 11.8. The molecule has 0 saturated carbocycles. The van der Waals surface area contributed by atoms with Crippen LogP contribution in [0.4, 0.5) is 0 Å². The van der Waals surface area contributed by atoms with Crippen molar-refractivity contribution < 1.29 is 14.6 Å². The first-order chi connectivity index (χ1) is 17.1. The molecule has 0 fully saturated rings. The van der Waals surface area contributed by atoms with Gasteiger partial charge in [0.25, 0.3) is 0 Å². The number of esters is 1. The minimum Gasteiger partial charge on any atom is -0.463 e. The predicted octanol–water partition coefficient (Wildman–Crippen LogP) is 9.13.